The van der Waals surface area contributed by atoms with Crippen LogP contribution in [0, 0.1) is 0 Å². The van der Waals surface area contributed by atoms with Gasteiger partial charge in [-0.15, -0.1) is 11.3 Å². The Morgan fingerprint density at radius 2 is 1.69 bits per heavy atom. The van der Waals surface area contributed by atoms with Crippen molar-refractivity contribution >= 4 is 43.0 Å². The molecule has 2 aromatic rings. The Balaban J connectivity index is 1.56. The van der Waals surface area contributed by atoms with E-state index in [4.69, 9.17) is 0 Å². The smallest absolute Gasteiger partial charge is 0.271 e. The molecule has 1 aliphatic heterocycles. The Morgan fingerprint density at radius 3 is 2.24 bits per heavy atom. The zero-order chi connectivity index (χ0) is 21.1. The second-order valence-corrected chi connectivity index (χ2v) is 11.7. The van der Waals surface area contributed by atoms with E-state index in [0.717, 1.165) is 16.9 Å². The monoisotopic (exact) mass is 457 g/mol. The van der Waals surface area contributed by atoms with Gasteiger partial charge in [-0.25, -0.2) is 16.8 Å². The molecule has 0 atom stereocenters. The number of carbonyl (C=O) groups excluding carboxylic acids is 1. The minimum absolute atomic E-state index is 0.0591. The summed E-state index contributed by atoms with van der Waals surface area (Å²) in [6.45, 7) is 2.97. The molecule has 0 spiro atoms. The number of nitrogens with zero attached hydrogens (tertiary/aromatic N) is 2. The third-order valence-electron chi connectivity index (χ3n) is 4.67. The Hall–Kier alpha value is -1.95. The molecule has 1 saturated heterocycles. The van der Waals surface area contributed by atoms with Crippen LogP contribution in [0.5, 0.6) is 0 Å². The number of anilines is 1. The first-order valence-electron chi connectivity index (χ1n) is 9.12. The lowest BCUT2D eigenvalue weighted by atomic mass is 10.1. The van der Waals surface area contributed by atoms with Crippen molar-refractivity contribution in [3.8, 4) is 0 Å². The second kappa shape index (κ2) is 8.82. The average molecular weight is 458 g/mol. The van der Waals surface area contributed by atoms with E-state index in [-0.39, 0.29) is 22.3 Å². The summed E-state index contributed by atoms with van der Waals surface area (Å²) >= 11 is 1.14. The first-order chi connectivity index (χ1) is 13.7. The molecule has 0 bridgehead atoms. The lowest BCUT2D eigenvalue weighted by Crippen LogP contribution is -2.51. The molecule has 158 valence electrons. The van der Waals surface area contributed by atoms with Crippen molar-refractivity contribution in [2.75, 3.05) is 36.7 Å². The zero-order valence-electron chi connectivity index (χ0n) is 15.9. The quantitative estimate of drug-likeness (QED) is 0.680. The first-order valence-corrected chi connectivity index (χ1v) is 13.1. The van der Waals surface area contributed by atoms with Gasteiger partial charge >= 0.3 is 0 Å². The number of hydrogen-bond donors (Lipinski definition) is 1. The molecule has 0 aliphatic carbocycles. The highest BCUT2D eigenvalue weighted by Gasteiger charge is 2.27. The number of amides is 1. The van der Waals surface area contributed by atoms with E-state index in [9.17, 15) is 21.6 Å². The highest BCUT2D eigenvalue weighted by Crippen LogP contribution is 2.20. The van der Waals surface area contributed by atoms with Crippen LogP contribution in [-0.4, -0.2) is 63.9 Å². The third-order valence-corrected chi connectivity index (χ3v) is 9.33. The highest BCUT2D eigenvalue weighted by molar-refractivity contribution is 7.94. The van der Waals surface area contributed by atoms with Crippen LogP contribution in [0.4, 0.5) is 5.69 Å². The molecule has 1 aliphatic rings. The van der Waals surface area contributed by atoms with Crippen LogP contribution in [0.3, 0.4) is 0 Å². The summed E-state index contributed by atoms with van der Waals surface area (Å²) in [5.41, 5.74) is 1.19. The lowest BCUT2D eigenvalue weighted by Gasteiger charge is -2.33. The summed E-state index contributed by atoms with van der Waals surface area (Å²) in [6.07, 6.45) is 0.179. The zero-order valence-corrected chi connectivity index (χ0v) is 18.4. The molecule has 1 N–H and O–H groups in total. The molecule has 1 aromatic carbocycles. The molecular formula is C18H23N3O5S3. The van der Waals surface area contributed by atoms with E-state index in [0.29, 0.717) is 31.9 Å². The number of thiophene rings is 1. The molecule has 1 amide bonds. The van der Waals surface area contributed by atoms with Gasteiger partial charge in [-0.2, -0.15) is 4.31 Å². The lowest BCUT2D eigenvalue weighted by molar-refractivity contribution is -0.131. The van der Waals surface area contributed by atoms with Crippen LogP contribution >= 0.6 is 11.3 Å². The van der Waals surface area contributed by atoms with Crippen molar-refractivity contribution < 1.29 is 21.6 Å². The van der Waals surface area contributed by atoms with Gasteiger partial charge in [0.15, 0.2) is 0 Å². The molecule has 0 saturated carbocycles. The second-order valence-electron chi connectivity index (χ2n) is 6.59. The summed E-state index contributed by atoms with van der Waals surface area (Å²) in [4.78, 5) is 14.2. The SMILES string of the molecule is CCS(=O)(=O)N1CCN(C(=O)Cc2ccc(NS(=O)(=O)c3cccs3)cc2)CC1. The molecule has 0 unspecified atom stereocenters. The van der Waals surface area contributed by atoms with Crippen LogP contribution in [0.15, 0.2) is 46.0 Å². The fourth-order valence-corrected chi connectivity index (χ4v) is 6.13. The van der Waals surface area contributed by atoms with Crippen LogP contribution in [0.1, 0.15) is 12.5 Å². The molecule has 0 radical (unpaired) electrons. The van der Waals surface area contributed by atoms with Crippen LogP contribution < -0.4 is 4.72 Å². The summed E-state index contributed by atoms with van der Waals surface area (Å²) in [5.74, 6) is -0.0192. The van der Waals surface area contributed by atoms with Crippen molar-refractivity contribution in [3.05, 3.63) is 47.3 Å². The van der Waals surface area contributed by atoms with Gasteiger partial charge in [-0.1, -0.05) is 18.2 Å². The summed E-state index contributed by atoms with van der Waals surface area (Å²) in [5, 5.41) is 1.70. The van der Waals surface area contributed by atoms with Gasteiger partial charge < -0.3 is 4.90 Å². The van der Waals surface area contributed by atoms with E-state index in [1.807, 2.05) is 0 Å². The van der Waals surface area contributed by atoms with E-state index < -0.39 is 20.0 Å². The topological polar surface area (TPSA) is 104 Å². The van der Waals surface area contributed by atoms with Crippen molar-refractivity contribution in [1.29, 1.82) is 0 Å². The molecule has 8 nitrogen and oxygen atoms in total. The number of sulfonamides is 2. The fraction of sp³-hybridized carbons (Fsp3) is 0.389. The maximum atomic E-state index is 12.5. The predicted molar refractivity (Wildman–Crippen MR) is 113 cm³/mol. The summed E-state index contributed by atoms with van der Waals surface area (Å²) < 4.78 is 52.5. The minimum atomic E-state index is -3.60. The van der Waals surface area contributed by atoms with Crippen molar-refractivity contribution in [2.45, 2.75) is 17.6 Å². The molecule has 1 fully saturated rings. The van der Waals surface area contributed by atoms with Gasteiger partial charge in [0, 0.05) is 31.9 Å². The number of carbonyl (C=O) groups is 1. The first kappa shape index (κ1) is 21.8. The highest BCUT2D eigenvalue weighted by atomic mass is 32.2. The largest absolute Gasteiger partial charge is 0.340 e. The Labute approximate surface area is 175 Å². The number of rotatable bonds is 7. The molecule has 1 aromatic heterocycles. The Kier molecular flexibility index (Phi) is 6.62. The molecule has 11 heteroatoms. The normalized spacial score (nSPS) is 16.0. The Bertz CT molecular complexity index is 1040. The van der Waals surface area contributed by atoms with Gasteiger partial charge in [0.25, 0.3) is 10.0 Å². The number of hydrogen-bond acceptors (Lipinski definition) is 6. The maximum Gasteiger partial charge on any atom is 0.271 e. The minimum Gasteiger partial charge on any atom is -0.340 e. The standard InChI is InChI=1S/C18H23N3O5S3/c1-2-28(23,24)21-11-9-20(10-12-21)17(22)14-15-5-7-16(8-6-15)19-29(25,26)18-4-3-13-27-18/h3-8,13,19H,2,9-12,14H2,1H3. The maximum absolute atomic E-state index is 12.5. The van der Waals surface area contributed by atoms with E-state index in [1.165, 1.54) is 10.4 Å². The van der Waals surface area contributed by atoms with Gasteiger partial charge in [0.05, 0.1) is 12.2 Å². The van der Waals surface area contributed by atoms with Gasteiger partial charge in [-0.05, 0) is 36.1 Å². The van der Waals surface area contributed by atoms with Crippen LogP contribution in [-0.2, 0) is 31.3 Å². The van der Waals surface area contributed by atoms with Crippen LogP contribution in [0.2, 0.25) is 0 Å². The van der Waals surface area contributed by atoms with Gasteiger partial charge in [0.1, 0.15) is 4.21 Å². The molecule has 2 heterocycles. The van der Waals surface area contributed by atoms with Gasteiger partial charge in [0.2, 0.25) is 15.9 Å². The van der Waals surface area contributed by atoms with Gasteiger partial charge in [-0.3, -0.25) is 9.52 Å². The molecular weight excluding hydrogens is 434 g/mol. The average Bonchev–Trinajstić information content (AvgIpc) is 3.25. The number of nitrogens with one attached hydrogen (secondary N) is 1. The fourth-order valence-electron chi connectivity index (χ4n) is 3.00. The van der Waals surface area contributed by atoms with E-state index >= 15 is 0 Å². The van der Waals surface area contributed by atoms with Crippen molar-refractivity contribution in [2.24, 2.45) is 0 Å². The predicted octanol–water partition coefficient (Wildman–Crippen LogP) is 1.59. The van der Waals surface area contributed by atoms with E-state index in [2.05, 4.69) is 4.72 Å². The van der Waals surface area contributed by atoms with Crippen molar-refractivity contribution in [3.63, 3.8) is 0 Å². The third kappa shape index (κ3) is 5.35. The Morgan fingerprint density at radius 1 is 1.03 bits per heavy atom. The van der Waals surface area contributed by atoms with E-state index in [1.54, 1.807) is 47.5 Å². The number of benzene rings is 1. The number of piperazine rings is 1. The molecule has 3 rings (SSSR count). The van der Waals surface area contributed by atoms with Crippen molar-refractivity contribution in [1.82, 2.24) is 9.21 Å². The molecule has 29 heavy (non-hydrogen) atoms. The summed E-state index contributed by atoms with van der Waals surface area (Å²) in [6, 6.07) is 9.87. The van der Waals surface area contributed by atoms with Crippen LogP contribution in [0.25, 0.3) is 0 Å². The summed E-state index contributed by atoms with van der Waals surface area (Å²) in [7, 11) is -6.83.